The molecular formula is C16H23FN2O. The molecule has 1 fully saturated rings. The second kappa shape index (κ2) is 7.39. The summed E-state index contributed by atoms with van der Waals surface area (Å²) >= 11 is 0. The van der Waals surface area contributed by atoms with Crippen molar-refractivity contribution in [1.29, 1.82) is 0 Å². The lowest BCUT2D eigenvalue weighted by molar-refractivity contribution is -0.121. The van der Waals surface area contributed by atoms with Gasteiger partial charge >= 0.3 is 0 Å². The van der Waals surface area contributed by atoms with Gasteiger partial charge in [0.25, 0.3) is 0 Å². The summed E-state index contributed by atoms with van der Waals surface area (Å²) < 4.78 is 12.8. The number of hydrogen-bond donors (Lipinski definition) is 2. The third kappa shape index (κ3) is 4.30. The molecule has 0 unspecified atom stereocenters. The zero-order valence-corrected chi connectivity index (χ0v) is 12.0. The van der Waals surface area contributed by atoms with Gasteiger partial charge in [-0.2, -0.15) is 0 Å². The number of nitrogens with one attached hydrogen (secondary N) is 2. The van der Waals surface area contributed by atoms with Crippen LogP contribution < -0.4 is 10.6 Å². The van der Waals surface area contributed by atoms with Gasteiger partial charge in [-0.15, -0.1) is 0 Å². The lowest BCUT2D eigenvalue weighted by atomic mass is 9.76. The number of halogens is 1. The van der Waals surface area contributed by atoms with Crippen LogP contribution in [0.3, 0.4) is 0 Å². The van der Waals surface area contributed by atoms with Crippen LogP contribution in [0.2, 0.25) is 0 Å². The monoisotopic (exact) mass is 278 g/mol. The third-order valence-corrected chi connectivity index (χ3v) is 3.84. The molecule has 1 aliphatic rings. The smallest absolute Gasteiger partial charge is 0.221 e. The summed E-state index contributed by atoms with van der Waals surface area (Å²) in [6, 6.07) is 7.27. The van der Waals surface area contributed by atoms with Crippen LogP contribution in [0.15, 0.2) is 24.3 Å². The summed E-state index contributed by atoms with van der Waals surface area (Å²) in [4.78, 5) is 11.4. The van der Waals surface area contributed by atoms with E-state index < -0.39 is 0 Å². The highest BCUT2D eigenvalue weighted by molar-refractivity contribution is 5.75. The van der Waals surface area contributed by atoms with Crippen LogP contribution in [0.25, 0.3) is 0 Å². The average Bonchev–Trinajstić information content (AvgIpc) is 2.40. The number of rotatable bonds is 7. The van der Waals surface area contributed by atoms with E-state index in [-0.39, 0.29) is 11.7 Å². The van der Waals surface area contributed by atoms with Gasteiger partial charge in [0, 0.05) is 25.6 Å². The Morgan fingerprint density at radius 1 is 1.25 bits per heavy atom. The van der Waals surface area contributed by atoms with Crippen LogP contribution in [0.5, 0.6) is 0 Å². The number of benzene rings is 1. The summed E-state index contributed by atoms with van der Waals surface area (Å²) in [5.74, 6) is 0.469. The van der Waals surface area contributed by atoms with Crippen molar-refractivity contribution >= 4 is 5.91 Å². The molecule has 110 valence electrons. The SMILES string of the molecule is CCCNC(=O)CCNC1CC(c2ccc(F)cc2)C1. The normalized spacial score (nSPS) is 21.3. The van der Waals surface area contributed by atoms with Crippen LogP contribution in [0.1, 0.15) is 44.1 Å². The van der Waals surface area contributed by atoms with E-state index in [0.717, 1.165) is 32.4 Å². The fourth-order valence-corrected chi connectivity index (χ4v) is 2.53. The van der Waals surface area contributed by atoms with Crippen LogP contribution in [0.4, 0.5) is 4.39 Å². The minimum absolute atomic E-state index is 0.119. The molecule has 0 bridgehead atoms. The zero-order valence-electron chi connectivity index (χ0n) is 12.0. The summed E-state index contributed by atoms with van der Waals surface area (Å²) in [7, 11) is 0. The minimum Gasteiger partial charge on any atom is -0.356 e. The zero-order chi connectivity index (χ0) is 14.4. The minimum atomic E-state index is -0.180. The largest absolute Gasteiger partial charge is 0.356 e. The molecule has 1 aromatic rings. The number of carbonyl (C=O) groups excluding carboxylic acids is 1. The van der Waals surface area contributed by atoms with Gasteiger partial charge in [0.2, 0.25) is 5.91 Å². The Labute approximate surface area is 120 Å². The molecule has 0 aromatic heterocycles. The molecule has 0 radical (unpaired) electrons. The van der Waals surface area contributed by atoms with Crippen molar-refractivity contribution in [2.24, 2.45) is 0 Å². The molecule has 1 amide bonds. The Morgan fingerprint density at radius 2 is 1.95 bits per heavy atom. The Morgan fingerprint density at radius 3 is 2.60 bits per heavy atom. The maximum atomic E-state index is 12.8. The van der Waals surface area contributed by atoms with Crippen LogP contribution >= 0.6 is 0 Å². The van der Waals surface area contributed by atoms with Gasteiger partial charge in [-0.3, -0.25) is 4.79 Å². The van der Waals surface area contributed by atoms with Crippen LogP contribution in [-0.4, -0.2) is 25.0 Å². The second-order valence-corrected chi connectivity index (χ2v) is 5.47. The Balaban J connectivity index is 1.60. The summed E-state index contributed by atoms with van der Waals surface area (Å²) in [5.41, 5.74) is 1.21. The lowest BCUT2D eigenvalue weighted by Gasteiger charge is -2.36. The van der Waals surface area contributed by atoms with E-state index in [0.29, 0.717) is 18.4 Å². The molecule has 0 saturated heterocycles. The molecule has 0 heterocycles. The number of hydrogen-bond acceptors (Lipinski definition) is 2. The first kappa shape index (κ1) is 15.0. The Kier molecular flexibility index (Phi) is 5.53. The van der Waals surface area contributed by atoms with Crippen molar-refractivity contribution in [3.8, 4) is 0 Å². The predicted octanol–water partition coefficient (Wildman–Crippen LogP) is 2.58. The fourth-order valence-electron chi connectivity index (χ4n) is 2.53. The van der Waals surface area contributed by atoms with E-state index >= 15 is 0 Å². The molecule has 0 aliphatic heterocycles. The van der Waals surface area contributed by atoms with Gasteiger partial charge in [0.1, 0.15) is 5.82 Å². The highest BCUT2D eigenvalue weighted by atomic mass is 19.1. The van der Waals surface area contributed by atoms with Crippen LogP contribution in [-0.2, 0) is 4.79 Å². The Bertz CT molecular complexity index is 427. The van der Waals surface area contributed by atoms with Gasteiger partial charge in [-0.25, -0.2) is 4.39 Å². The second-order valence-electron chi connectivity index (χ2n) is 5.47. The third-order valence-electron chi connectivity index (χ3n) is 3.84. The molecule has 20 heavy (non-hydrogen) atoms. The van der Waals surface area contributed by atoms with E-state index in [1.54, 1.807) is 0 Å². The first-order valence-corrected chi connectivity index (χ1v) is 7.44. The molecule has 1 aromatic carbocycles. The summed E-state index contributed by atoms with van der Waals surface area (Å²) in [6.07, 6.45) is 3.66. The standard InChI is InChI=1S/C16H23FN2O/c1-2-8-19-16(20)7-9-18-15-10-13(11-15)12-3-5-14(17)6-4-12/h3-6,13,15,18H,2,7-11H2,1H3,(H,19,20). The predicted molar refractivity (Wildman–Crippen MR) is 78.1 cm³/mol. The molecule has 2 rings (SSSR count). The van der Waals surface area contributed by atoms with Crippen molar-refractivity contribution < 1.29 is 9.18 Å². The van der Waals surface area contributed by atoms with Crippen LogP contribution in [0, 0.1) is 5.82 Å². The molecule has 1 saturated carbocycles. The summed E-state index contributed by atoms with van der Waals surface area (Å²) in [6.45, 7) is 3.54. The van der Waals surface area contributed by atoms with Gasteiger partial charge in [0.15, 0.2) is 0 Å². The fraction of sp³-hybridized carbons (Fsp3) is 0.562. The van der Waals surface area contributed by atoms with Gasteiger partial charge in [0.05, 0.1) is 0 Å². The first-order valence-electron chi connectivity index (χ1n) is 7.44. The highest BCUT2D eigenvalue weighted by Crippen LogP contribution is 2.36. The maximum Gasteiger partial charge on any atom is 0.221 e. The van der Waals surface area contributed by atoms with Crippen molar-refractivity contribution in [3.05, 3.63) is 35.6 Å². The molecular weight excluding hydrogens is 255 g/mol. The number of amides is 1. The van der Waals surface area contributed by atoms with E-state index in [4.69, 9.17) is 0 Å². The van der Waals surface area contributed by atoms with Crippen molar-refractivity contribution in [2.75, 3.05) is 13.1 Å². The average molecular weight is 278 g/mol. The maximum absolute atomic E-state index is 12.8. The van der Waals surface area contributed by atoms with Crippen molar-refractivity contribution in [3.63, 3.8) is 0 Å². The molecule has 2 N–H and O–H groups in total. The molecule has 0 atom stereocenters. The molecule has 1 aliphatic carbocycles. The van der Waals surface area contributed by atoms with Crippen molar-refractivity contribution in [1.82, 2.24) is 10.6 Å². The van der Waals surface area contributed by atoms with E-state index in [9.17, 15) is 9.18 Å². The molecule has 4 heteroatoms. The summed E-state index contributed by atoms with van der Waals surface area (Å²) in [5, 5.41) is 6.27. The van der Waals surface area contributed by atoms with E-state index in [1.807, 2.05) is 19.1 Å². The lowest BCUT2D eigenvalue weighted by Crippen LogP contribution is -2.41. The molecule has 3 nitrogen and oxygen atoms in total. The molecule has 0 spiro atoms. The quantitative estimate of drug-likeness (QED) is 0.805. The number of carbonyl (C=O) groups is 1. The van der Waals surface area contributed by atoms with E-state index in [2.05, 4.69) is 10.6 Å². The van der Waals surface area contributed by atoms with Gasteiger partial charge in [-0.1, -0.05) is 19.1 Å². The van der Waals surface area contributed by atoms with Gasteiger partial charge < -0.3 is 10.6 Å². The Hall–Kier alpha value is -1.42. The van der Waals surface area contributed by atoms with Gasteiger partial charge in [-0.05, 0) is 42.9 Å². The van der Waals surface area contributed by atoms with Crippen molar-refractivity contribution in [2.45, 2.75) is 44.6 Å². The van der Waals surface area contributed by atoms with E-state index in [1.165, 1.54) is 17.7 Å². The highest BCUT2D eigenvalue weighted by Gasteiger charge is 2.29. The topological polar surface area (TPSA) is 41.1 Å². The first-order chi connectivity index (χ1) is 9.69.